The lowest BCUT2D eigenvalue weighted by Gasteiger charge is -2.13. The number of oxazole rings is 1. The lowest BCUT2D eigenvalue weighted by Crippen LogP contribution is -2.28. The molecule has 1 aliphatic carbocycles. The van der Waals surface area contributed by atoms with Gasteiger partial charge >= 0.3 is 0 Å². The lowest BCUT2D eigenvalue weighted by molar-refractivity contribution is 0.539. The van der Waals surface area contributed by atoms with E-state index in [2.05, 4.69) is 35.9 Å². The van der Waals surface area contributed by atoms with Crippen LogP contribution < -0.4 is 10.0 Å². The standard InChI is InChI=1S/C21H21BrCl2N4O3S/c1-13-17(28-20(31-13)14-5-3-2-4-6-14)7-8-25-19-18(9-16(22)12-26-19)32(29,30)27-11-15-10-21(15,23)24/h2-6,9,12,15,27H,7-8,10-11H2,1H3,(H,25,26). The molecule has 1 aromatic carbocycles. The zero-order chi connectivity index (χ0) is 22.9. The van der Waals surface area contributed by atoms with Gasteiger partial charge in [-0.2, -0.15) is 0 Å². The molecular formula is C21H21BrCl2N4O3S. The zero-order valence-corrected chi connectivity index (χ0v) is 21.0. The third-order valence-corrected chi connectivity index (χ3v) is 7.95. The summed E-state index contributed by atoms with van der Waals surface area (Å²) in [6.07, 6.45) is 2.64. The maximum absolute atomic E-state index is 12.9. The Bertz CT molecular complexity index is 1220. The smallest absolute Gasteiger partial charge is 0.244 e. The Hall–Kier alpha value is -1.65. The third-order valence-electron chi connectivity index (χ3n) is 5.15. The van der Waals surface area contributed by atoms with Gasteiger partial charge in [0.1, 0.15) is 20.8 Å². The summed E-state index contributed by atoms with van der Waals surface area (Å²) in [5.74, 6) is 1.43. The minimum atomic E-state index is -3.81. The van der Waals surface area contributed by atoms with Crippen molar-refractivity contribution in [2.45, 2.75) is 29.0 Å². The van der Waals surface area contributed by atoms with Crippen LogP contribution >= 0.6 is 39.1 Å². The molecule has 11 heteroatoms. The van der Waals surface area contributed by atoms with Crippen molar-refractivity contribution in [3.63, 3.8) is 0 Å². The number of hydrogen-bond donors (Lipinski definition) is 2. The predicted octanol–water partition coefficient (Wildman–Crippen LogP) is 4.93. The average Bonchev–Trinajstić information content (AvgIpc) is 3.21. The van der Waals surface area contributed by atoms with E-state index in [1.165, 1.54) is 6.07 Å². The fourth-order valence-electron chi connectivity index (χ4n) is 3.20. The van der Waals surface area contributed by atoms with Gasteiger partial charge in [0.2, 0.25) is 15.9 Å². The van der Waals surface area contributed by atoms with Gasteiger partial charge in [-0.3, -0.25) is 0 Å². The Kier molecular flexibility index (Phi) is 6.84. The van der Waals surface area contributed by atoms with E-state index in [1.807, 2.05) is 37.3 Å². The van der Waals surface area contributed by atoms with E-state index < -0.39 is 14.4 Å². The van der Waals surface area contributed by atoms with Crippen LogP contribution in [0.2, 0.25) is 0 Å². The van der Waals surface area contributed by atoms with Crippen molar-refractivity contribution in [2.75, 3.05) is 18.4 Å². The molecule has 1 atom stereocenters. The first kappa shape index (κ1) is 23.5. The van der Waals surface area contributed by atoms with Crippen molar-refractivity contribution in [3.8, 4) is 11.5 Å². The van der Waals surface area contributed by atoms with Crippen LogP contribution in [0, 0.1) is 12.8 Å². The van der Waals surface area contributed by atoms with Crippen LogP contribution in [0.15, 0.2) is 56.4 Å². The summed E-state index contributed by atoms with van der Waals surface area (Å²) in [7, 11) is -3.81. The molecule has 32 heavy (non-hydrogen) atoms. The number of pyridine rings is 1. The Morgan fingerprint density at radius 2 is 2.00 bits per heavy atom. The molecule has 0 saturated heterocycles. The number of aromatic nitrogens is 2. The predicted molar refractivity (Wildman–Crippen MR) is 129 cm³/mol. The van der Waals surface area contributed by atoms with Gasteiger partial charge in [0, 0.05) is 41.7 Å². The summed E-state index contributed by atoms with van der Waals surface area (Å²) < 4.78 is 33.8. The number of hydrogen-bond acceptors (Lipinski definition) is 6. The van der Waals surface area contributed by atoms with Crippen LogP contribution in [0.25, 0.3) is 11.5 Å². The summed E-state index contributed by atoms with van der Waals surface area (Å²) in [4.78, 5) is 8.87. The van der Waals surface area contributed by atoms with E-state index in [0.29, 0.717) is 29.7 Å². The highest BCUT2D eigenvalue weighted by molar-refractivity contribution is 9.10. The van der Waals surface area contributed by atoms with E-state index >= 15 is 0 Å². The van der Waals surface area contributed by atoms with Crippen LogP contribution in [-0.2, 0) is 16.4 Å². The van der Waals surface area contributed by atoms with E-state index in [4.69, 9.17) is 27.6 Å². The highest BCUT2D eigenvalue weighted by Crippen LogP contribution is 2.52. The molecule has 7 nitrogen and oxygen atoms in total. The van der Waals surface area contributed by atoms with Crippen LogP contribution in [0.4, 0.5) is 5.82 Å². The fourth-order valence-corrected chi connectivity index (χ4v) is 5.45. The maximum Gasteiger partial charge on any atom is 0.244 e. The number of aryl methyl sites for hydroxylation is 1. The van der Waals surface area contributed by atoms with Gasteiger partial charge in [0.15, 0.2) is 0 Å². The largest absolute Gasteiger partial charge is 0.441 e. The Morgan fingerprint density at radius 1 is 1.28 bits per heavy atom. The molecular weight excluding hydrogens is 539 g/mol. The Labute approximate surface area is 205 Å². The van der Waals surface area contributed by atoms with Gasteiger partial charge in [-0.25, -0.2) is 23.1 Å². The second-order valence-corrected chi connectivity index (χ2v) is 11.8. The average molecular weight is 560 g/mol. The van der Waals surface area contributed by atoms with Crippen LogP contribution in [0.5, 0.6) is 0 Å². The van der Waals surface area contributed by atoms with Crippen molar-refractivity contribution >= 4 is 55.0 Å². The second-order valence-electron chi connectivity index (χ2n) is 7.58. The summed E-state index contributed by atoms with van der Waals surface area (Å²) in [5, 5.41) is 3.11. The van der Waals surface area contributed by atoms with Crippen molar-refractivity contribution in [1.82, 2.24) is 14.7 Å². The lowest BCUT2D eigenvalue weighted by atomic mass is 10.2. The molecule has 4 rings (SSSR count). The van der Waals surface area contributed by atoms with Crippen molar-refractivity contribution < 1.29 is 12.8 Å². The van der Waals surface area contributed by atoms with E-state index in [9.17, 15) is 8.42 Å². The van der Waals surface area contributed by atoms with Gasteiger partial charge in [-0.15, -0.1) is 23.2 Å². The highest BCUT2D eigenvalue weighted by Gasteiger charge is 2.51. The van der Waals surface area contributed by atoms with Gasteiger partial charge in [-0.1, -0.05) is 18.2 Å². The number of halogens is 3. The molecule has 0 amide bonds. The van der Waals surface area contributed by atoms with E-state index in [1.54, 1.807) is 6.20 Å². The monoisotopic (exact) mass is 558 g/mol. The number of nitrogens with zero attached hydrogens (tertiary/aromatic N) is 2. The zero-order valence-electron chi connectivity index (χ0n) is 17.1. The SMILES string of the molecule is Cc1oc(-c2ccccc2)nc1CCNc1ncc(Br)cc1S(=O)(=O)NCC1CC1(Cl)Cl. The van der Waals surface area contributed by atoms with Crippen molar-refractivity contribution in [1.29, 1.82) is 0 Å². The second kappa shape index (κ2) is 9.30. The Balaban J connectivity index is 1.43. The van der Waals surface area contributed by atoms with Gasteiger partial charge < -0.3 is 9.73 Å². The van der Waals surface area contributed by atoms with Crippen LogP contribution in [0.1, 0.15) is 17.9 Å². The number of nitrogens with one attached hydrogen (secondary N) is 2. The summed E-state index contributed by atoms with van der Waals surface area (Å²) >= 11 is 15.3. The molecule has 3 aromatic rings. The first-order valence-electron chi connectivity index (χ1n) is 9.94. The molecule has 1 aliphatic rings. The van der Waals surface area contributed by atoms with E-state index in [-0.39, 0.29) is 23.2 Å². The molecule has 0 bridgehead atoms. The first-order valence-corrected chi connectivity index (χ1v) is 13.0. The van der Waals surface area contributed by atoms with E-state index in [0.717, 1.165) is 17.0 Å². The van der Waals surface area contributed by atoms with Crippen LogP contribution in [0.3, 0.4) is 0 Å². The fraction of sp³-hybridized carbons (Fsp3) is 0.333. The third kappa shape index (κ3) is 5.46. The molecule has 1 saturated carbocycles. The molecule has 2 heterocycles. The van der Waals surface area contributed by atoms with Crippen molar-refractivity contribution in [3.05, 3.63) is 58.5 Å². The number of anilines is 1. The number of benzene rings is 1. The highest BCUT2D eigenvalue weighted by atomic mass is 79.9. The molecule has 2 aromatic heterocycles. The minimum absolute atomic E-state index is 0.0455. The van der Waals surface area contributed by atoms with Crippen LogP contribution in [-0.4, -0.2) is 35.8 Å². The van der Waals surface area contributed by atoms with Gasteiger partial charge in [-0.05, 0) is 47.5 Å². The molecule has 0 aliphatic heterocycles. The first-order chi connectivity index (χ1) is 15.2. The van der Waals surface area contributed by atoms with Gasteiger partial charge in [0.25, 0.3) is 0 Å². The molecule has 0 radical (unpaired) electrons. The maximum atomic E-state index is 12.9. The summed E-state index contributed by atoms with van der Waals surface area (Å²) in [6, 6.07) is 11.2. The molecule has 1 unspecified atom stereocenters. The number of alkyl halides is 2. The normalized spacial score (nSPS) is 17.3. The Morgan fingerprint density at radius 3 is 2.69 bits per heavy atom. The minimum Gasteiger partial charge on any atom is -0.441 e. The van der Waals surface area contributed by atoms with Crippen molar-refractivity contribution in [2.24, 2.45) is 5.92 Å². The molecule has 170 valence electrons. The molecule has 1 fully saturated rings. The molecule has 0 spiro atoms. The number of rotatable bonds is 9. The summed E-state index contributed by atoms with van der Waals surface area (Å²) in [5.41, 5.74) is 1.70. The molecule has 2 N–H and O–H groups in total. The quantitative estimate of drug-likeness (QED) is 0.361. The van der Waals surface area contributed by atoms with Gasteiger partial charge in [0.05, 0.1) is 5.69 Å². The summed E-state index contributed by atoms with van der Waals surface area (Å²) in [6.45, 7) is 2.45. The topological polar surface area (TPSA) is 97.1 Å². The number of sulfonamides is 1.